The molecule has 0 saturated carbocycles. The van der Waals surface area contributed by atoms with Crippen molar-refractivity contribution in [2.75, 3.05) is 5.75 Å². The van der Waals surface area contributed by atoms with E-state index in [-0.39, 0.29) is 10.7 Å². The van der Waals surface area contributed by atoms with Gasteiger partial charge < -0.3 is 5.32 Å². The second kappa shape index (κ2) is 7.25. The van der Waals surface area contributed by atoms with Crippen LogP contribution in [0.25, 0.3) is 10.8 Å². The summed E-state index contributed by atoms with van der Waals surface area (Å²) in [5.41, 5.74) is 0.697. The molecule has 0 aromatic heterocycles. The zero-order valence-corrected chi connectivity index (χ0v) is 15.0. The van der Waals surface area contributed by atoms with Gasteiger partial charge in [-0.05, 0) is 47.5 Å². The van der Waals surface area contributed by atoms with E-state index in [9.17, 15) is 17.6 Å². The number of hydrogen-bond donors (Lipinski definition) is 1. The molecule has 0 aliphatic heterocycles. The summed E-state index contributed by atoms with van der Waals surface area (Å²) in [6, 6.07) is 17.5. The Hall–Kier alpha value is -2.73. The standard InChI is InChI=1S/C20H18FNO3S/c1-14(15-6-9-18(21)10-7-15)22-20(23)13-26(24,25)19-11-8-16-4-2-3-5-17(16)12-19/h2-12,14H,13H2,1H3,(H,22,23). The molecule has 3 rings (SSSR count). The first-order valence-electron chi connectivity index (χ1n) is 8.11. The lowest BCUT2D eigenvalue weighted by molar-refractivity contribution is -0.119. The smallest absolute Gasteiger partial charge is 0.236 e. The predicted octanol–water partition coefficient (Wildman–Crippen LogP) is 3.63. The Balaban J connectivity index is 1.73. The van der Waals surface area contributed by atoms with Gasteiger partial charge >= 0.3 is 0 Å². The van der Waals surface area contributed by atoms with Crippen LogP contribution in [0.5, 0.6) is 0 Å². The molecule has 4 nitrogen and oxygen atoms in total. The molecule has 0 saturated heterocycles. The van der Waals surface area contributed by atoms with E-state index in [1.165, 1.54) is 18.2 Å². The monoisotopic (exact) mass is 371 g/mol. The highest BCUT2D eigenvalue weighted by Gasteiger charge is 2.21. The maximum Gasteiger partial charge on any atom is 0.236 e. The van der Waals surface area contributed by atoms with Crippen molar-refractivity contribution in [1.29, 1.82) is 0 Å². The van der Waals surface area contributed by atoms with Crippen LogP contribution >= 0.6 is 0 Å². The fraction of sp³-hybridized carbons (Fsp3) is 0.150. The van der Waals surface area contributed by atoms with Gasteiger partial charge in [0.05, 0.1) is 10.9 Å². The van der Waals surface area contributed by atoms with E-state index in [0.29, 0.717) is 5.56 Å². The average molecular weight is 371 g/mol. The van der Waals surface area contributed by atoms with Crippen LogP contribution < -0.4 is 5.32 Å². The Morgan fingerprint density at radius 2 is 1.65 bits per heavy atom. The molecule has 1 unspecified atom stereocenters. The number of carbonyl (C=O) groups is 1. The molecular weight excluding hydrogens is 353 g/mol. The van der Waals surface area contributed by atoms with Crippen LogP contribution in [-0.2, 0) is 14.6 Å². The van der Waals surface area contributed by atoms with Crippen LogP contribution in [-0.4, -0.2) is 20.1 Å². The van der Waals surface area contributed by atoms with Gasteiger partial charge in [0, 0.05) is 0 Å². The third kappa shape index (κ3) is 4.08. The van der Waals surface area contributed by atoms with Crippen LogP contribution in [0.2, 0.25) is 0 Å². The number of benzene rings is 3. The molecule has 26 heavy (non-hydrogen) atoms. The van der Waals surface area contributed by atoms with E-state index in [2.05, 4.69) is 5.32 Å². The third-order valence-electron chi connectivity index (χ3n) is 4.15. The number of amides is 1. The average Bonchev–Trinajstić information content (AvgIpc) is 2.61. The van der Waals surface area contributed by atoms with E-state index < -0.39 is 27.5 Å². The molecule has 0 aliphatic rings. The summed E-state index contributed by atoms with van der Waals surface area (Å²) in [5, 5.41) is 4.37. The van der Waals surface area contributed by atoms with E-state index in [1.54, 1.807) is 31.2 Å². The summed E-state index contributed by atoms with van der Waals surface area (Å²) in [6.45, 7) is 1.72. The van der Waals surface area contributed by atoms with E-state index >= 15 is 0 Å². The molecular formula is C20H18FNO3S. The zero-order valence-electron chi connectivity index (χ0n) is 14.1. The summed E-state index contributed by atoms with van der Waals surface area (Å²) in [6.07, 6.45) is 0. The van der Waals surface area contributed by atoms with Gasteiger partial charge in [-0.15, -0.1) is 0 Å². The second-order valence-electron chi connectivity index (χ2n) is 6.11. The van der Waals surface area contributed by atoms with E-state index in [4.69, 9.17) is 0 Å². The molecule has 1 atom stereocenters. The minimum absolute atomic E-state index is 0.112. The molecule has 1 N–H and O–H groups in total. The van der Waals surface area contributed by atoms with Crippen molar-refractivity contribution in [2.45, 2.75) is 17.9 Å². The Labute approximate surface area is 151 Å². The Kier molecular flexibility index (Phi) is 5.04. The van der Waals surface area contributed by atoms with Crippen LogP contribution in [0.15, 0.2) is 71.6 Å². The van der Waals surface area contributed by atoms with Crippen LogP contribution in [0, 0.1) is 5.82 Å². The zero-order chi connectivity index (χ0) is 18.7. The summed E-state index contributed by atoms with van der Waals surface area (Å²) in [7, 11) is -3.76. The quantitative estimate of drug-likeness (QED) is 0.745. The lowest BCUT2D eigenvalue weighted by Crippen LogP contribution is -2.32. The number of hydrogen-bond acceptors (Lipinski definition) is 3. The van der Waals surface area contributed by atoms with E-state index in [1.807, 2.05) is 24.3 Å². The second-order valence-corrected chi connectivity index (χ2v) is 8.10. The number of halogens is 1. The topological polar surface area (TPSA) is 63.2 Å². The third-order valence-corrected chi connectivity index (χ3v) is 5.76. The molecule has 6 heteroatoms. The number of nitrogens with one attached hydrogen (secondary N) is 1. The summed E-state index contributed by atoms with van der Waals surface area (Å²) >= 11 is 0. The van der Waals surface area contributed by atoms with Gasteiger partial charge in [0.25, 0.3) is 0 Å². The largest absolute Gasteiger partial charge is 0.349 e. The van der Waals surface area contributed by atoms with Gasteiger partial charge in [-0.3, -0.25) is 4.79 Å². The normalized spacial score (nSPS) is 12.7. The highest BCUT2D eigenvalue weighted by Crippen LogP contribution is 2.20. The Morgan fingerprint density at radius 3 is 2.35 bits per heavy atom. The van der Waals surface area contributed by atoms with Crippen molar-refractivity contribution in [2.24, 2.45) is 0 Å². The van der Waals surface area contributed by atoms with Crippen molar-refractivity contribution in [3.05, 3.63) is 78.1 Å². The summed E-state index contributed by atoms with van der Waals surface area (Å²) in [4.78, 5) is 12.3. The van der Waals surface area contributed by atoms with Crippen molar-refractivity contribution in [3.63, 3.8) is 0 Å². The maximum atomic E-state index is 13.0. The molecule has 3 aromatic rings. The number of rotatable bonds is 5. The number of sulfone groups is 1. The molecule has 0 fully saturated rings. The maximum absolute atomic E-state index is 13.0. The minimum Gasteiger partial charge on any atom is -0.349 e. The van der Waals surface area contributed by atoms with Gasteiger partial charge in [0.1, 0.15) is 11.6 Å². The molecule has 134 valence electrons. The minimum atomic E-state index is -3.76. The molecule has 1 amide bonds. The Bertz CT molecular complexity index is 1050. The fourth-order valence-corrected chi connectivity index (χ4v) is 3.91. The van der Waals surface area contributed by atoms with Crippen LogP contribution in [0.3, 0.4) is 0 Å². The first-order chi connectivity index (χ1) is 12.3. The molecule has 0 radical (unpaired) electrons. The highest BCUT2D eigenvalue weighted by atomic mass is 32.2. The van der Waals surface area contributed by atoms with Gasteiger partial charge in [0.15, 0.2) is 9.84 Å². The van der Waals surface area contributed by atoms with Gasteiger partial charge in [0.2, 0.25) is 5.91 Å². The summed E-state index contributed by atoms with van der Waals surface area (Å²) < 4.78 is 38.0. The highest BCUT2D eigenvalue weighted by molar-refractivity contribution is 7.92. The van der Waals surface area contributed by atoms with Crippen molar-refractivity contribution in [3.8, 4) is 0 Å². The van der Waals surface area contributed by atoms with Crippen molar-refractivity contribution < 1.29 is 17.6 Å². The predicted molar refractivity (Wildman–Crippen MR) is 99.0 cm³/mol. The molecule has 0 heterocycles. The van der Waals surface area contributed by atoms with Crippen LogP contribution in [0.4, 0.5) is 4.39 Å². The van der Waals surface area contributed by atoms with Gasteiger partial charge in [-0.1, -0.05) is 42.5 Å². The first kappa shape index (κ1) is 18.1. The summed E-state index contributed by atoms with van der Waals surface area (Å²) in [5.74, 6) is -1.61. The number of carbonyl (C=O) groups excluding carboxylic acids is 1. The molecule has 0 spiro atoms. The van der Waals surface area contributed by atoms with E-state index in [0.717, 1.165) is 10.8 Å². The van der Waals surface area contributed by atoms with Crippen LogP contribution in [0.1, 0.15) is 18.5 Å². The molecule has 0 aliphatic carbocycles. The van der Waals surface area contributed by atoms with Crippen molar-refractivity contribution in [1.82, 2.24) is 5.32 Å². The first-order valence-corrected chi connectivity index (χ1v) is 9.77. The molecule has 3 aromatic carbocycles. The molecule has 0 bridgehead atoms. The SMILES string of the molecule is CC(NC(=O)CS(=O)(=O)c1ccc2ccccc2c1)c1ccc(F)cc1. The lowest BCUT2D eigenvalue weighted by Gasteiger charge is -2.14. The Morgan fingerprint density at radius 1 is 1.00 bits per heavy atom. The number of fused-ring (bicyclic) bond motifs is 1. The fourth-order valence-electron chi connectivity index (χ4n) is 2.73. The van der Waals surface area contributed by atoms with Gasteiger partial charge in [-0.25, -0.2) is 12.8 Å². The van der Waals surface area contributed by atoms with Gasteiger partial charge in [-0.2, -0.15) is 0 Å². The lowest BCUT2D eigenvalue weighted by atomic mass is 10.1. The van der Waals surface area contributed by atoms with Crippen molar-refractivity contribution >= 4 is 26.5 Å².